The zero-order valence-electron chi connectivity index (χ0n) is 21.8. The van der Waals surface area contributed by atoms with Gasteiger partial charge in [-0.2, -0.15) is 0 Å². The minimum Gasteiger partial charge on any atom is -0.490 e. The molecule has 0 N–H and O–H groups in total. The second-order valence-corrected chi connectivity index (χ2v) is 10.9. The first-order valence-corrected chi connectivity index (χ1v) is 13.9. The quantitative estimate of drug-likeness (QED) is 0.364. The largest absolute Gasteiger partial charge is 0.490 e. The van der Waals surface area contributed by atoms with Gasteiger partial charge in [0.1, 0.15) is 35.0 Å². The molecule has 2 fully saturated rings. The van der Waals surface area contributed by atoms with Crippen molar-refractivity contribution < 1.29 is 23.6 Å². The van der Waals surface area contributed by atoms with Crippen molar-refractivity contribution in [3.63, 3.8) is 0 Å². The SMILES string of the molecule is Cc1onc(-c2ccccc2Cl)c1C(=O)N1CCO[C@@](COc2cccc(Cl)c2)(CC(=O)N2CCCCC2)C1. The zero-order chi connectivity index (χ0) is 27.4. The van der Waals surface area contributed by atoms with Gasteiger partial charge in [0.25, 0.3) is 5.91 Å². The van der Waals surface area contributed by atoms with Gasteiger partial charge < -0.3 is 23.8 Å². The van der Waals surface area contributed by atoms with Gasteiger partial charge in [-0.15, -0.1) is 0 Å². The van der Waals surface area contributed by atoms with Gasteiger partial charge in [-0.25, -0.2) is 0 Å². The molecule has 1 atom stereocenters. The maximum atomic E-state index is 14.0. The number of amides is 2. The topological polar surface area (TPSA) is 85.1 Å². The van der Waals surface area contributed by atoms with Crippen LogP contribution in [0.25, 0.3) is 11.3 Å². The van der Waals surface area contributed by atoms with Crippen LogP contribution in [0.3, 0.4) is 0 Å². The van der Waals surface area contributed by atoms with Crippen LogP contribution in [0.4, 0.5) is 0 Å². The highest BCUT2D eigenvalue weighted by Crippen LogP contribution is 2.33. The fourth-order valence-corrected chi connectivity index (χ4v) is 5.59. The van der Waals surface area contributed by atoms with Crippen molar-refractivity contribution in [2.75, 3.05) is 39.4 Å². The Hall–Kier alpha value is -3.07. The van der Waals surface area contributed by atoms with E-state index in [1.807, 2.05) is 17.0 Å². The molecule has 0 aliphatic carbocycles. The molecule has 39 heavy (non-hydrogen) atoms. The molecular formula is C29H31Cl2N3O5. The summed E-state index contributed by atoms with van der Waals surface area (Å²) in [6.45, 7) is 4.01. The summed E-state index contributed by atoms with van der Waals surface area (Å²) in [6.07, 6.45) is 3.19. The number of aryl methyl sites for hydroxylation is 1. The van der Waals surface area contributed by atoms with Crippen molar-refractivity contribution in [3.05, 3.63) is 69.9 Å². The van der Waals surface area contributed by atoms with E-state index < -0.39 is 5.60 Å². The van der Waals surface area contributed by atoms with Crippen LogP contribution in [0.2, 0.25) is 10.0 Å². The molecule has 206 valence electrons. The summed E-state index contributed by atoms with van der Waals surface area (Å²) in [5.41, 5.74) is 0.306. The molecule has 0 saturated carbocycles. The van der Waals surface area contributed by atoms with Crippen LogP contribution >= 0.6 is 23.2 Å². The minimum atomic E-state index is -1.04. The van der Waals surface area contributed by atoms with Crippen molar-refractivity contribution in [1.29, 1.82) is 0 Å². The van der Waals surface area contributed by atoms with Crippen molar-refractivity contribution in [3.8, 4) is 17.0 Å². The average molecular weight is 572 g/mol. The molecule has 3 aromatic rings. The molecule has 2 aromatic carbocycles. The average Bonchev–Trinajstić information content (AvgIpc) is 3.33. The molecule has 5 rings (SSSR count). The third-order valence-corrected chi connectivity index (χ3v) is 7.79. The molecule has 0 bridgehead atoms. The number of morpholine rings is 1. The van der Waals surface area contributed by atoms with Gasteiger partial charge in [-0.05, 0) is 50.5 Å². The molecule has 8 nitrogen and oxygen atoms in total. The number of halogens is 2. The summed E-state index contributed by atoms with van der Waals surface area (Å²) >= 11 is 12.6. The van der Waals surface area contributed by atoms with E-state index in [9.17, 15) is 9.59 Å². The van der Waals surface area contributed by atoms with Crippen LogP contribution in [-0.4, -0.2) is 71.8 Å². The summed E-state index contributed by atoms with van der Waals surface area (Å²) in [6, 6.07) is 14.3. The van der Waals surface area contributed by atoms with E-state index in [4.69, 9.17) is 37.2 Å². The van der Waals surface area contributed by atoms with E-state index >= 15 is 0 Å². The standard InChI is InChI=1S/C29H31Cl2N3O5/c1-20-26(27(32-39-20)23-10-3-4-11-24(23)31)28(36)34-14-15-38-29(18-34,17-25(35)33-12-5-2-6-13-33)19-37-22-9-7-8-21(30)16-22/h3-4,7-11,16H,2,5-6,12-15,17-19H2,1H3/t29-/m0/s1. The Kier molecular flexibility index (Phi) is 8.45. The van der Waals surface area contributed by atoms with Crippen LogP contribution in [0.5, 0.6) is 5.75 Å². The number of ether oxygens (including phenoxy) is 2. The Balaban J connectivity index is 1.41. The van der Waals surface area contributed by atoms with E-state index in [-0.39, 0.29) is 38.0 Å². The predicted molar refractivity (Wildman–Crippen MR) is 148 cm³/mol. The number of benzene rings is 2. The normalized spacial score (nSPS) is 19.7. The van der Waals surface area contributed by atoms with E-state index in [1.54, 1.807) is 48.2 Å². The summed E-state index contributed by atoms with van der Waals surface area (Å²) in [5.74, 6) is 0.697. The number of piperidine rings is 1. The number of nitrogens with zero attached hydrogens (tertiary/aromatic N) is 3. The zero-order valence-corrected chi connectivity index (χ0v) is 23.3. The second kappa shape index (κ2) is 12.0. The molecule has 0 spiro atoms. The molecule has 10 heteroatoms. The van der Waals surface area contributed by atoms with Crippen LogP contribution in [0, 0.1) is 6.92 Å². The Bertz CT molecular complexity index is 1340. The van der Waals surface area contributed by atoms with Gasteiger partial charge in [0.2, 0.25) is 5.91 Å². The number of aromatic nitrogens is 1. The third kappa shape index (κ3) is 6.24. The lowest BCUT2D eigenvalue weighted by molar-refractivity contribution is -0.153. The van der Waals surface area contributed by atoms with Crippen molar-refractivity contribution in [1.82, 2.24) is 15.0 Å². The smallest absolute Gasteiger partial charge is 0.259 e. The molecular weight excluding hydrogens is 541 g/mol. The second-order valence-electron chi connectivity index (χ2n) is 10.1. The molecule has 2 aliphatic rings. The van der Waals surface area contributed by atoms with Gasteiger partial charge in [-0.1, -0.05) is 52.6 Å². The fourth-order valence-electron chi connectivity index (χ4n) is 5.19. The predicted octanol–water partition coefficient (Wildman–Crippen LogP) is 5.65. The van der Waals surface area contributed by atoms with Gasteiger partial charge >= 0.3 is 0 Å². The Morgan fingerprint density at radius 1 is 1.03 bits per heavy atom. The molecule has 3 heterocycles. The summed E-state index contributed by atoms with van der Waals surface area (Å²) in [4.78, 5) is 30.9. The lowest BCUT2D eigenvalue weighted by Crippen LogP contribution is -2.58. The number of carbonyl (C=O) groups excluding carboxylic acids is 2. The summed E-state index contributed by atoms with van der Waals surface area (Å²) < 4.78 is 17.8. The van der Waals surface area contributed by atoms with Crippen LogP contribution in [0.15, 0.2) is 53.1 Å². The van der Waals surface area contributed by atoms with E-state index in [2.05, 4.69) is 5.16 Å². The Morgan fingerprint density at radius 3 is 2.59 bits per heavy atom. The molecule has 0 unspecified atom stereocenters. The Morgan fingerprint density at radius 2 is 1.82 bits per heavy atom. The molecule has 0 radical (unpaired) electrons. The van der Waals surface area contributed by atoms with Crippen molar-refractivity contribution in [2.24, 2.45) is 0 Å². The lowest BCUT2D eigenvalue weighted by Gasteiger charge is -2.43. The van der Waals surface area contributed by atoms with E-state index in [1.165, 1.54) is 0 Å². The Labute approximate surface area is 237 Å². The van der Waals surface area contributed by atoms with E-state index in [0.29, 0.717) is 44.9 Å². The monoisotopic (exact) mass is 571 g/mol. The van der Waals surface area contributed by atoms with Crippen LogP contribution < -0.4 is 4.74 Å². The highest BCUT2D eigenvalue weighted by Gasteiger charge is 2.43. The molecule has 2 aliphatic heterocycles. The molecule has 2 amide bonds. The summed E-state index contributed by atoms with van der Waals surface area (Å²) in [5, 5.41) is 5.17. The fraction of sp³-hybridized carbons (Fsp3) is 0.414. The number of hydrogen-bond acceptors (Lipinski definition) is 6. The van der Waals surface area contributed by atoms with Gasteiger partial charge in [-0.3, -0.25) is 9.59 Å². The first kappa shape index (κ1) is 27.5. The lowest BCUT2D eigenvalue weighted by atomic mass is 9.95. The maximum Gasteiger partial charge on any atom is 0.259 e. The maximum absolute atomic E-state index is 14.0. The van der Waals surface area contributed by atoms with Crippen LogP contribution in [0.1, 0.15) is 41.8 Å². The highest BCUT2D eigenvalue weighted by molar-refractivity contribution is 6.33. The van der Waals surface area contributed by atoms with Gasteiger partial charge in [0.15, 0.2) is 0 Å². The number of carbonyl (C=O) groups is 2. The summed E-state index contributed by atoms with van der Waals surface area (Å²) in [7, 11) is 0. The molecule has 2 saturated heterocycles. The first-order chi connectivity index (χ1) is 18.8. The van der Waals surface area contributed by atoms with Crippen molar-refractivity contribution >= 4 is 35.0 Å². The highest BCUT2D eigenvalue weighted by atomic mass is 35.5. The molecule has 1 aromatic heterocycles. The minimum absolute atomic E-state index is 0.00314. The third-order valence-electron chi connectivity index (χ3n) is 7.22. The number of rotatable bonds is 7. The number of likely N-dealkylation sites (tertiary alicyclic amines) is 1. The van der Waals surface area contributed by atoms with Crippen LogP contribution in [-0.2, 0) is 9.53 Å². The van der Waals surface area contributed by atoms with Gasteiger partial charge in [0, 0.05) is 30.2 Å². The van der Waals surface area contributed by atoms with Crippen molar-refractivity contribution in [2.45, 2.75) is 38.2 Å². The van der Waals surface area contributed by atoms with Gasteiger partial charge in [0.05, 0.1) is 24.6 Å². The number of hydrogen-bond donors (Lipinski definition) is 0. The van der Waals surface area contributed by atoms with E-state index in [0.717, 1.165) is 32.4 Å². The first-order valence-electron chi connectivity index (χ1n) is 13.2.